The maximum Gasteiger partial charge on any atom is 0.124 e. The summed E-state index contributed by atoms with van der Waals surface area (Å²) in [6.07, 6.45) is 3.94. The van der Waals surface area contributed by atoms with Gasteiger partial charge < -0.3 is 10.1 Å². The highest BCUT2D eigenvalue weighted by Crippen LogP contribution is 2.42. The second-order valence-electron chi connectivity index (χ2n) is 6.36. The summed E-state index contributed by atoms with van der Waals surface area (Å²) in [7, 11) is 1.78. The van der Waals surface area contributed by atoms with Gasteiger partial charge in [-0.2, -0.15) is 0 Å². The van der Waals surface area contributed by atoms with E-state index in [0.29, 0.717) is 12.0 Å². The van der Waals surface area contributed by atoms with Crippen molar-refractivity contribution in [1.29, 1.82) is 0 Å². The average Bonchev–Trinajstić information content (AvgIpc) is 3.06. The number of anilines is 1. The highest BCUT2D eigenvalue weighted by Gasteiger charge is 2.33. The van der Waals surface area contributed by atoms with Crippen molar-refractivity contribution in [2.45, 2.75) is 51.1 Å². The molecule has 1 saturated heterocycles. The average molecular weight is 274 g/mol. The first kappa shape index (κ1) is 13.7. The molecule has 1 aromatic rings. The van der Waals surface area contributed by atoms with Crippen LogP contribution < -0.4 is 10.1 Å². The van der Waals surface area contributed by atoms with E-state index >= 15 is 0 Å². The summed E-state index contributed by atoms with van der Waals surface area (Å²) in [5, 5.41) is 3.54. The van der Waals surface area contributed by atoms with Crippen molar-refractivity contribution < 1.29 is 4.74 Å². The Morgan fingerprint density at radius 3 is 3.00 bits per heavy atom. The Bertz CT molecular complexity index is 472. The van der Waals surface area contributed by atoms with Crippen LogP contribution in [0.2, 0.25) is 0 Å². The molecule has 1 aromatic carbocycles. The number of methoxy groups -OCH3 is 1. The summed E-state index contributed by atoms with van der Waals surface area (Å²) < 4.78 is 5.57. The summed E-state index contributed by atoms with van der Waals surface area (Å²) in [5.74, 6) is 1.64. The summed E-state index contributed by atoms with van der Waals surface area (Å²) in [4.78, 5) is 2.67. The van der Waals surface area contributed by atoms with E-state index in [1.165, 1.54) is 37.1 Å². The molecule has 20 heavy (non-hydrogen) atoms. The van der Waals surface area contributed by atoms with Gasteiger partial charge in [0.2, 0.25) is 0 Å². The number of nitrogens with zero attached hydrogens (tertiary/aromatic N) is 1. The van der Waals surface area contributed by atoms with E-state index in [0.717, 1.165) is 18.3 Å². The van der Waals surface area contributed by atoms with Crippen molar-refractivity contribution in [2.24, 2.45) is 0 Å². The third-order valence-electron chi connectivity index (χ3n) is 4.88. The van der Waals surface area contributed by atoms with Gasteiger partial charge in [0.25, 0.3) is 0 Å². The molecule has 0 saturated carbocycles. The maximum atomic E-state index is 5.57. The van der Waals surface area contributed by atoms with Crippen molar-refractivity contribution in [3.63, 3.8) is 0 Å². The van der Waals surface area contributed by atoms with Crippen molar-refractivity contribution >= 4 is 5.69 Å². The largest absolute Gasteiger partial charge is 0.496 e. The second kappa shape index (κ2) is 5.65. The molecule has 0 radical (unpaired) electrons. The molecule has 3 heteroatoms. The van der Waals surface area contributed by atoms with E-state index < -0.39 is 0 Å². The van der Waals surface area contributed by atoms with Gasteiger partial charge >= 0.3 is 0 Å². The standard InChI is InChI=1S/C17H26N2O/c1-12(2)19-9-5-6-14(19)10-13-11-18-15-7-4-8-16(20-3)17(13)15/h4,7-8,12-14,18H,5-6,9-11H2,1-3H3/t13-,14-/m1/s1. The van der Waals surface area contributed by atoms with E-state index in [1.54, 1.807) is 7.11 Å². The number of hydrogen-bond donors (Lipinski definition) is 1. The van der Waals surface area contributed by atoms with Gasteiger partial charge in [-0.15, -0.1) is 0 Å². The second-order valence-corrected chi connectivity index (χ2v) is 6.36. The molecule has 0 aromatic heterocycles. The monoisotopic (exact) mass is 274 g/mol. The lowest BCUT2D eigenvalue weighted by molar-refractivity contribution is 0.189. The Morgan fingerprint density at radius 2 is 2.25 bits per heavy atom. The molecule has 110 valence electrons. The van der Waals surface area contributed by atoms with Crippen LogP contribution in [0.25, 0.3) is 0 Å². The molecular weight excluding hydrogens is 248 g/mol. The highest BCUT2D eigenvalue weighted by atomic mass is 16.5. The molecule has 0 amide bonds. The molecule has 1 N–H and O–H groups in total. The topological polar surface area (TPSA) is 24.5 Å². The van der Waals surface area contributed by atoms with Crippen LogP contribution in [0.5, 0.6) is 5.75 Å². The van der Waals surface area contributed by atoms with Crippen molar-refractivity contribution in [3.05, 3.63) is 23.8 Å². The van der Waals surface area contributed by atoms with Gasteiger partial charge in [-0.3, -0.25) is 4.90 Å². The Labute approximate surface area is 122 Å². The van der Waals surface area contributed by atoms with Gasteiger partial charge in [0.1, 0.15) is 5.75 Å². The minimum Gasteiger partial charge on any atom is -0.496 e. The third kappa shape index (κ3) is 2.39. The third-order valence-corrected chi connectivity index (χ3v) is 4.88. The van der Waals surface area contributed by atoms with E-state index in [-0.39, 0.29) is 0 Å². The quantitative estimate of drug-likeness (QED) is 0.910. The van der Waals surface area contributed by atoms with Crippen LogP contribution in [0.4, 0.5) is 5.69 Å². The molecule has 2 aliphatic rings. The highest BCUT2D eigenvalue weighted by molar-refractivity contribution is 5.63. The number of hydrogen-bond acceptors (Lipinski definition) is 3. The Kier molecular flexibility index (Phi) is 3.88. The smallest absolute Gasteiger partial charge is 0.124 e. The summed E-state index contributed by atoms with van der Waals surface area (Å²) in [6, 6.07) is 7.73. The van der Waals surface area contributed by atoms with Crippen LogP contribution in [-0.4, -0.2) is 37.2 Å². The lowest BCUT2D eigenvalue weighted by Crippen LogP contribution is -2.36. The normalized spacial score (nSPS) is 25.8. The number of fused-ring (bicyclic) bond motifs is 1. The van der Waals surface area contributed by atoms with Crippen molar-refractivity contribution in [1.82, 2.24) is 4.90 Å². The van der Waals surface area contributed by atoms with Crippen LogP contribution in [0.15, 0.2) is 18.2 Å². The molecule has 1 fully saturated rings. The Hall–Kier alpha value is -1.22. The summed E-state index contributed by atoms with van der Waals surface area (Å²) in [6.45, 7) is 6.96. The molecule has 2 heterocycles. The number of benzene rings is 1. The summed E-state index contributed by atoms with van der Waals surface area (Å²) >= 11 is 0. The predicted molar refractivity (Wildman–Crippen MR) is 83.7 cm³/mol. The fourth-order valence-corrected chi connectivity index (χ4v) is 3.95. The minimum absolute atomic E-state index is 0.588. The van der Waals surface area contributed by atoms with Crippen LogP contribution in [0, 0.1) is 0 Å². The Balaban J connectivity index is 1.78. The SMILES string of the molecule is COc1cccc2c1[C@H](C[C@H]1CCCN1C(C)C)CN2. The van der Waals surface area contributed by atoms with Gasteiger partial charge in [-0.25, -0.2) is 0 Å². The number of ether oxygens (including phenoxy) is 1. The van der Waals surface area contributed by atoms with Crippen LogP contribution in [-0.2, 0) is 0 Å². The zero-order valence-electron chi connectivity index (χ0n) is 12.9. The number of nitrogens with one attached hydrogen (secondary N) is 1. The van der Waals surface area contributed by atoms with Crippen LogP contribution >= 0.6 is 0 Å². The molecule has 3 nitrogen and oxygen atoms in total. The van der Waals surface area contributed by atoms with Gasteiger partial charge in [0.05, 0.1) is 7.11 Å². The van der Waals surface area contributed by atoms with E-state index in [9.17, 15) is 0 Å². The zero-order chi connectivity index (χ0) is 14.1. The number of rotatable bonds is 4. The van der Waals surface area contributed by atoms with E-state index in [1.807, 2.05) is 0 Å². The molecule has 0 bridgehead atoms. The predicted octanol–water partition coefficient (Wildman–Crippen LogP) is 3.47. The van der Waals surface area contributed by atoms with Gasteiger partial charge in [-0.1, -0.05) is 6.07 Å². The van der Waals surface area contributed by atoms with Gasteiger partial charge in [0, 0.05) is 35.8 Å². The lowest BCUT2D eigenvalue weighted by Gasteiger charge is -2.30. The van der Waals surface area contributed by atoms with Crippen molar-refractivity contribution in [2.75, 3.05) is 25.5 Å². The molecule has 3 rings (SSSR count). The molecule has 0 spiro atoms. The first-order valence-corrected chi connectivity index (χ1v) is 7.87. The summed E-state index contributed by atoms with van der Waals surface area (Å²) in [5.41, 5.74) is 2.66. The van der Waals surface area contributed by atoms with Gasteiger partial charge in [-0.05, 0) is 51.8 Å². The van der Waals surface area contributed by atoms with E-state index in [4.69, 9.17) is 4.74 Å². The number of likely N-dealkylation sites (tertiary alicyclic amines) is 1. The van der Waals surface area contributed by atoms with Crippen LogP contribution in [0.1, 0.15) is 44.6 Å². The molecule has 0 unspecified atom stereocenters. The maximum absolute atomic E-state index is 5.57. The first-order chi connectivity index (χ1) is 9.70. The van der Waals surface area contributed by atoms with Crippen molar-refractivity contribution in [3.8, 4) is 5.75 Å². The van der Waals surface area contributed by atoms with E-state index in [2.05, 4.69) is 42.3 Å². The molecule has 2 atom stereocenters. The fourth-order valence-electron chi connectivity index (χ4n) is 3.95. The molecule has 0 aliphatic carbocycles. The Morgan fingerprint density at radius 1 is 1.40 bits per heavy atom. The lowest BCUT2D eigenvalue weighted by atomic mass is 9.92. The fraction of sp³-hybridized carbons (Fsp3) is 0.647. The zero-order valence-corrected chi connectivity index (χ0v) is 12.9. The van der Waals surface area contributed by atoms with Gasteiger partial charge in [0.15, 0.2) is 0 Å². The first-order valence-electron chi connectivity index (χ1n) is 7.87. The molecule has 2 aliphatic heterocycles. The minimum atomic E-state index is 0.588. The molecular formula is C17H26N2O. The van der Waals surface area contributed by atoms with Crippen LogP contribution in [0.3, 0.4) is 0 Å².